The van der Waals surface area contributed by atoms with E-state index in [1.54, 1.807) is 13.2 Å². The van der Waals surface area contributed by atoms with Crippen LogP contribution in [-0.4, -0.2) is 13.7 Å². The molecule has 0 saturated carbocycles. The van der Waals surface area contributed by atoms with Crippen molar-refractivity contribution in [1.29, 1.82) is 0 Å². The Morgan fingerprint density at radius 1 is 1.05 bits per heavy atom. The van der Waals surface area contributed by atoms with Crippen LogP contribution < -0.4 is 0 Å². The van der Waals surface area contributed by atoms with Crippen molar-refractivity contribution in [3.05, 3.63) is 69.2 Å². The monoisotopic (exact) mass is 328 g/mol. The van der Waals surface area contributed by atoms with E-state index in [1.807, 2.05) is 24.3 Å². The summed E-state index contributed by atoms with van der Waals surface area (Å²) in [5, 5.41) is 0.724. The molecule has 106 valence electrons. The molecule has 0 radical (unpaired) electrons. The van der Waals surface area contributed by atoms with Gasteiger partial charge in [-0.1, -0.05) is 59.6 Å². The van der Waals surface area contributed by atoms with Crippen molar-refractivity contribution in [3.8, 4) is 0 Å². The van der Waals surface area contributed by atoms with Gasteiger partial charge in [-0.2, -0.15) is 0 Å². The molecule has 0 aliphatic rings. The standard InChI is InChI=1S/C16H15Cl3O/c1-20-10-9-11-5-7-12(8-6-11)15(18)13-3-2-4-14(17)16(13)19/h2-8,15H,9-10H2,1H3. The molecule has 1 atom stereocenters. The molecule has 0 aliphatic carbocycles. The van der Waals surface area contributed by atoms with Crippen LogP contribution >= 0.6 is 34.8 Å². The highest BCUT2D eigenvalue weighted by atomic mass is 35.5. The van der Waals surface area contributed by atoms with Crippen LogP contribution in [0.25, 0.3) is 0 Å². The fraction of sp³-hybridized carbons (Fsp3) is 0.250. The van der Waals surface area contributed by atoms with Gasteiger partial charge in [0.2, 0.25) is 0 Å². The van der Waals surface area contributed by atoms with Gasteiger partial charge in [0.15, 0.2) is 0 Å². The summed E-state index contributed by atoms with van der Waals surface area (Å²) >= 11 is 18.7. The number of hydrogen-bond acceptors (Lipinski definition) is 1. The minimum absolute atomic E-state index is 0.308. The number of methoxy groups -OCH3 is 1. The van der Waals surface area contributed by atoms with Crippen LogP contribution in [0.1, 0.15) is 22.1 Å². The lowest BCUT2D eigenvalue weighted by Crippen LogP contribution is -1.97. The summed E-state index contributed by atoms with van der Waals surface area (Å²) < 4.78 is 5.06. The van der Waals surface area contributed by atoms with E-state index < -0.39 is 0 Å². The molecule has 0 spiro atoms. The lowest BCUT2D eigenvalue weighted by atomic mass is 10.0. The summed E-state index contributed by atoms with van der Waals surface area (Å²) in [5.41, 5.74) is 3.04. The average molecular weight is 330 g/mol. The predicted octanol–water partition coefficient (Wildman–Crippen LogP) is 5.51. The van der Waals surface area contributed by atoms with Gasteiger partial charge in [0.25, 0.3) is 0 Å². The summed E-state index contributed by atoms with van der Waals surface area (Å²) in [7, 11) is 1.70. The average Bonchev–Trinajstić information content (AvgIpc) is 2.48. The Hall–Kier alpha value is -0.730. The number of alkyl halides is 1. The van der Waals surface area contributed by atoms with Gasteiger partial charge >= 0.3 is 0 Å². The molecule has 0 N–H and O–H groups in total. The number of halogens is 3. The number of benzene rings is 2. The summed E-state index contributed by atoms with van der Waals surface area (Å²) in [4.78, 5) is 0. The highest BCUT2D eigenvalue weighted by molar-refractivity contribution is 6.43. The quantitative estimate of drug-likeness (QED) is 0.657. The zero-order valence-corrected chi connectivity index (χ0v) is 13.3. The first-order valence-electron chi connectivity index (χ1n) is 6.29. The SMILES string of the molecule is COCCc1ccc(C(Cl)c2cccc(Cl)c2Cl)cc1. The fourth-order valence-corrected chi connectivity index (χ4v) is 2.77. The second-order valence-electron chi connectivity index (χ2n) is 4.49. The van der Waals surface area contributed by atoms with Crippen molar-refractivity contribution in [1.82, 2.24) is 0 Å². The zero-order chi connectivity index (χ0) is 14.5. The Balaban J connectivity index is 2.20. The van der Waals surface area contributed by atoms with Crippen LogP contribution in [0.3, 0.4) is 0 Å². The molecule has 2 aromatic rings. The zero-order valence-electron chi connectivity index (χ0n) is 11.1. The topological polar surface area (TPSA) is 9.23 Å². The molecule has 2 rings (SSSR count). The fourth-order valence-electron chi connectivity index (χ4n) is 1.97. The van der Waals surface area contributed by atoms with Gasteiger partial charge in [0, 0.05) is 7.11 Å². The number of ether oxygens (including phenoxy) is 1. The van der Waals surface area contributed by atoms with Crippen molar-refractivity contribution >= 4 is 34.8 Å². The molecule has 1 unspecified atom stereocenters. The maximum absolute atomic E-state index is 6.50. The molecule has 0 aromatic heterocycles. The molecule has 0 heterocycles. The molecular weight excluding hydrogens is 315 g/mol. The molecule has 0 aliphatic heterocycles. The van der Waals surface area contributed by atoms with E-state index in [2.05, 4.69) is 12.1 Å². The minimum Gasteiger partial charge on any atom is -0.384 e. The molecule has 0 fully saturated rings. The summed E-state index contributed by atoms with van der Waals surface area (Å²) in [6, 6.07) is 13.6. The lowest BCUT2D eigenvalue weighted by molar-refractivity contribution is 0.202. The lowest BCUT2D eigenvalue weighted by Gasteiger charge is -2.13. The van der Waals surface area contributed by atoms with Gasteiger partial charge in [0.05, 0.1) is 22.0 Å². The highest BCUT2D eigenvalue weighted by Crippen LogP contribution is 2.36. The Morgan fingerprint density at radius 2 is 1.75 bits per heavy atom. The Morgan fingerprint density at radius 3 is 2.40 bits per heavy atom. The van der Waals surface area contributed by atoms with Crippen molar-refractivity contribution in [2.45, 2.75) is 11.8 Å². The smallest absolute Gasteiger partial charge is 0.0850 e. The Bertz CT molecular complexity index is 566. The molecule has 0 amide bonds. The van der Waals surface area contributed by atoms with Crippen molar-refractivity contribution < 1.29 is 4.74 Å². The van der Waals surface area contributed by atoms with E-state index in [0.717, 1.165) is 17.5 Å². The third-order valence-electron chi connectivity index (χ3n) is 3.12. The maximum atomic E-state index is 6.50. The van der Waals surface area contributed by atoms with E-state index >= 15 is 0 Å². The molecular formula is C16H15Cl3O. The highest BCUT2D eigenvalue weighted by Gasteiger charge is 2.15. The van der Waals surface area contributed by atoms with Crippen molar-refractivity contribution in [3.63, 3.8) is 0 Å². The van der Waals surface area contributed by atoms with Crippen LogP contribution in [-0.2, 0) is 11.2 Å². The van der Waals surface area contributed by atoms with Crippen LogP contribution in [0.5, 0.6) is 0 Å². The molecule has 2 aromatic carbocycles. The van der Waals surface area contributed by atoms with E-state index in [4.69, 9.17) is 39.5 Å². The molecule has 0 saturated heterocycles. The largest absolute Gasteiger partial charge is 0.384 e. The molecule has 0 bridgehead atoms. The van der Waals surface area contributed by atoms with E-state index in [1.165, 1.54) is 5.56 Å². The van der Waals surface area contributed by atoms with E-state index in [0.29, 0.717) is 16.7 Å². The predicted molar refractivity (Wildman–Crippen MR) is 86.2 cm³/mol. The second-order valence-corrected chi connectivity index (χ2v) is 5.71. The van der Waals surface area contributed by atoms with Crippen molar-refractivity contribution in [2.24, 2.45) is 0 Å². The third kappa shape index (κ3) is 3.67. The van der Waals surface area contributed by atoms with Crippen LogP contribution in [0, 0.1) is 0 Å². The first-order chi connectivity index (χ1) is 9.63. The van der Waals surface area contributed by atoms with E-state index in [9.17, 15) is 0 Å². The second kappa shape index (κ2) is 7.33. The minimum atomic E-state index is -0.308. The van der Waals surface area contributed by atoms with Gasteiger partial charge in [0.1, 0.15) is 0 Å². The van der Waals surface area contributed by atoms with Crippen LogP contribution in [0.15, 0.2) is 42.5 Å². The number of hydrogen-bond donors (Lipinski definition) is 0. The van der Waals surface area contributed by atoms with E-state index in [-0.39, 0.29) is 5.38 Å². The van der Waals surface area contributed by atoms with Gasteiger partial charge < -0.3 is 4.74 Å². The van der Waals surface area contributed by atoms with Gasteiger partial charge in [-0.3, -0.25) is 0 Å². The maximum Gasteiger partial charge on any atom is 0.0850 e. The number of rotatable bonds is 5. The molecule has 4 heteroatoms. The van der Waals surface area contributed by atoms with Crippen LogP contribution in [0.4, 0.5) is 0 Å². The van der Waals surface area contributed by atoms with Crippen molar-refractivity contribution in [2.75, 3.05) is 13.7 Å². The summed E-state index contributed by atoms with van der Waals surface area (Å²) in [6.45, 7) is 0.712. The van der Waals surface area contributed by atoms with Gasteiger partial charge in [-0.25, -0.2) is 0 Å². The summed E-state index contributed by atoms with van der Waals surface area (Å²) in [5.74, 6) is 0. The normalized spacial score (nSPS) is 12.4. The Labute approximate surface area is 134 Å². The van der Waals surface area contributed by atoms with Gasteiger partial charge in [-0.05, 0) is 29.2 Å². The van der Waals surface area contributed by atoms with Gasteiger partial charge in [-0.15, -0.1) is 11.6 Å². The van der Waals surface area contributed by atoms with Crippen LogP contribution in [0.2, 0.25) is 10.0 Å². The first kappa shape index (κ1) is 15.7. The molecule has 20 heavy (non-hydrogen) atoms. The summed E-state index contributed by atoms with van der Waals surface area (Å²) in [6.07, 6.45) is 0.891. The Kier molecular flexibility index (Phi) is 5.74. The third-order valence-corrected chi connectivity index (χ3v) is 4.44. The first-order valence-corrected chi connectivity index (χ1v) is 7.48. The molecule has 1 nitrogen and oxygen atoms in total.